The Hall–Kier alpha value is -2.80. The van der Waals surface area contributed by atoms with Crippen LogP contribution < -0.4 is 10.1 Å². The Morgan fingerprint density at radius 3 is 2.29 bits per heavy atom. The maximum atomic E-state index is 12.7. The topological polar surface area (TPSA) is 69.0 Å². The zero-order chi connectivity index (χ0) is 22.2. The van der Waals surface area contributed by atoms with Gasteiger partial charge in [0.1, 0.15) is 11.6 Å². The van der Waals surface area contributed by atoms with E-state index in [1.54, 1.807) is 7.11 Å². The van der Waals surface area contributed by atoms with Crippen LogP contribution in [-0.2, 0) is 30.6 Å². The predicted octanol–water partition coefficient (Wildman–Crippen LogP) is 4.75. The fraction of sp³-hybridized carbons (Fsp3) is 0.375. The zero-order valence-electron chi connectivity index (χ0n) is 18.6. The molecule has 0 spiro atoms. The Labute approximate surface area is 188 Å². The molecule has 0 aliphatic rings. The zero-order valence-corrected chi connectivity index (χ0v) is 19.5. The average Bonchev–Trinajstić information content (AvgIpc) is 3.19. The van der Waals surface area contributed by atoms with Gasteiger partial charge >= 0.3 is 0 Å². The number of ether oxygens (including phenoxy) is 1. The summed E-state index contributed by atoms with van der Waals surface area (Å²) in [5.41, 5.74) is 4.42. The van der Waals surface area contributed by atoms with Crippen molar-refractivity contribution in [1.82, 2.24) is 14.8 Å². The summed E-state index contributed by atoms with van der Waals surface area (Å²) in [4.78, 5) is 12.7. The molecule has 2 aromatic carbocycles. The molecule has 0 bridgehead atoms. The van der Waals surface area contributed by atoms with Crippen molar-refractivity contribution >= 4 is 23.4 Å². The number of thioether (sulfide) groups is 1. The number of hydrogen-bond acceptors (Lipinski definition) is 5. The van der Waals surface area contributed by atoms with E-state index in [0.717, 1.165) is 58.5 Å². The third kappa shape index (κ3) is 5.67. The number of para-hydroxylation sites is 1. The first-order chi connectivity index (χ1) is 15.1. The Morgan fingerprint density at radius 1 is 1.03 bits per heavy atom. The number of nitrogens with zero attached hydrogens (tertiary/aromatic N) is 3. The van der Waals surface area contributed by atoms with Gasteiger partial charge < -0.3 is 14.6 Å². The first-order valence-corrected chi connectivity index (χ1v) is 11.7. The molecule has 0 unspecified atom stereocenters. The van der Waals surface area contributed by atoms with E-state index in [2.05, 4.69) is 59.1 Å². The van der Waals surface area contributed by atoms with Crippen LogP contribution in [0.2, 0.25) is 0 Å². The SMILES string of the molecule is CCc1cccc(CC)c1NC(=O)CSc1nnc(Cc2ccc(OC)cc2)n1CC. The number of amides is 1. The average molecular weight is 439 g/mol. The number of nitrogens with one attached hydrogen (secondary N) is 1. The van der Waals surface area contributed by atoms with Gasteiger partial charge in [0, 0.05) is 18.7 Å². The number of hydrogen-bond donors (Lipinski definition) is 1. The second-order valence-electron chi connectivity index (χ2n) is 7.16. The molecule has 1 aromatic heterocycles. The standard InChI is InChI=1S/C24H30N4O2S/c1-5-18-9-8-10-19(6-2)23(18)25-22(29)16-31-24-27-26-21(28(24)7-3)15-17-11-13-20(30-4)14-12-17/h8-14H,5-7,15-16H2,1-4H3,(H,25,29). The Kier molecular flexibility index (Phi) is 8.12. The second kappa shape index (κ2) is 11.0. The van der Waals surface area contributed by atoms with E-state index < -0.39 is 0 Å². The maximum Gasteiger partial charge on any atom is 0.234 e. The van der Waals surface area contributed by atoms with Gasteiger partial charge in [-0.05, 0) is 48.6 Å². The molecule has 164 valence electrons. The highest BCUT2D eigenvalue weighted by Gasteiger charge is 2.15. The van der Waals surface area contributed by atoms with Crippen LogP contribution in [0, 0.1) is 0 Å². The van der Waals surface area contributed by atoms with Gasteiger partial charge in [0.05, 0.1) is 12.9 Å². The highest BCUT2D eigenvalue weighted by molar-refractivity contribution is 7.99. The molecule has 0 radical (unpaired) electrons. The molecule has 0 saturated heterocycles. The fourth-order valence-electron chi connectivity index (χ4n) is 3.51. The van der Waals surface area contributed by atoms with E-state index in [4.69, 9.17) is 4.74 Å². The molecule has 1 heterocycles. The number of methoxy groups -OCH3 is 1. The number of benzene rings is 2. The van der Waals surface area contributed by atoms with Gasteiger partial charge in [-0.15, -0.1) is 10.2 Å². The van der Waals surface area contributed by atoms with Gasteiger partial charge in [-0.3, -0.25) is 4.79 Å². The van der Waals surface area contributed by atoms with Gasteiger partial charge in [-0.25, -0.2) is 0 Å². The van der Waals surface area contributed by atoms with Crippen LogP contribution >= 0.6 is 11.8 Å². The van der Waals surface area contributed by atoms with Crippen LogP contribution in [0.25, 0.3) is 0 Å². The largest absolute Gasteiger partial charge is 0.497 e. The molecule has 3 aromatic rings. The first-order valence-electron chi connectivity index (χ1n) is 10.7. The van der Waals surface area contributed by atoms with Crippen molar-refractivity contribution in [3.05, 3.63) is 65.0 Å². The molecule has 7 heteroatoms. The summed E-state index contributed by atoms with van der Waals surface area (Å²) in [6.45, 7) is 7.03. The van der Waals surface area contributed by atoms with Crippen molar-refractivity contribution in [2.24, 2.45) is 0 Å². The van der Waals surface area contributed by atoms with E-state index in [1.165, 1.54) is 11.8 Å². The Balaban J connectivity index is 1.66. The lowest BCUT2D eigenvalue weighted by Gasteiger charge is -2.14. The highest BCUT2D eigenvalue weighted by Crippen LogP contribution is 2.24. The minimum Gasteiger partial charge on any atom is -0.497 e. The minimum absolute atomic E-state index is 0.0250. The number of aromatic nitrogens is 3. The number of rotatable bonds is 10. The number of carbonyl (C=O) groups excluding carboxylic acids is 1. The van der Waals surface area contributed by atoms with Crippen molar-refractivity contribution in [2.45, 2.75) is 51.7 Å². The molecule has 0 aliphatic carbocycles. The van der Waals surface area contributed by atoms with Gasteiger partial charge in [0.15, 0.2) is 5.16 Å². The monoisotopic (exact) mass is 438 g/mol. The summed E-state index contributed by atoms with van der Waals surface area (Å²) in [6.07, 6.45) is 2.45. The van der Waals surface area contributed by atoms with Crippen LogP contribution in [0.3, 0.4) is 0 Å². The van der Waals surface area contributed by atoms with Crippen LogP contribution in [0.1, 0.15) is 43.3 Å². The molecule has 31 heavy (non-hydrogen) atoms. The molecule has 0 saturated carbocycles. The van der Waals surface area contributed by atoms with Gasteiger partial charge in [-0.2, -0.15) is 0 Å². The molecule has 1 amide bonds. The van der Waals surface area contributed by atoms with Crippen molar-refractivity contribution < 1.29 is 9.53 Å². The second-order valence-corrected chi connectivity index (χ2v) is 8.11. The van der Waals surface area contributed by atoms with Gasteiger partial charge in [0.2, 0.25) is 5.91 Å². The van der Waals surface area contributed by atoms with Crippen LogP contribution in [-0.4, -0.2) is 33.5 Å². The van der Waals surface area contributed by atoms with E-state index >= 15 is 0 Å². The molecular formula is C24H30N4O2S. The number of anilines is 1. The van der Waals surface area contributed by atoms with E-state index in [-0.39, 0.29) is 5.91 Å². The summed E-state index contributed by atoms with van der Waals surface area (Å²) in [6, 6.07) is 14.1. The lowest BCUT2D eigenvalue weighted by atomic mass is 10.0. The summed E-state index contributed by atoms with van der Waals surface area (Å²) in [5, 5.41) is 12.6. The van der Waals surface area contributed by atoms with Crippen LogP contribution in [0.5, 0.6) is 5.75 Å². The summed E-state index contributed by atoms with van der Waals surface area (Å²) in [7, 11) is 1.66. The number of carbonyl (C=O) groups is 1. The minimum atomic E-state index is -0.0250. The van der Waals surface area contributed by atoms with E-state index in [0.29, 0.717) is 12.2 Å². The lowest BCUT2D eigenvalue weighted by molar-refractivity contribution is -0.113. The molecule has 6 nitrogen and oxygen atoms in total. The maximum absolute atomic E-state index is 12.7. The fourth-order valence-corrected chi connectivity index (χ4v) is 4.33. The smallest absolute Gasteiger partial charge is 0.234 e. The predicted molar refractivity (Wildman–Crippen MR) is 126 cm³/mol. The van der Waals surface area contributed by atoms with Gasteiger partial charge in [-0.1, -0.05) is 55.9 Å². The summed E-state index contributed by atoms with van der Waals surface area (Å²) < 4.78 is 7.29. The molecule has 0 aliphatic heterocycles. The van der Waals surface area contributed by atoms with Crippen LogP contribution in [0.15, 0.2) is 47.6 Å². The first kappa shape index (κ1) is 22.9. The van der Waals surface area contributed by atoms with Gasteiger partial charge in [0.25, 0.3) is 0 Å². The molecule has 0 atom stereocenters. The van der Waals surface area contributed by atoms with Crippen LogP contribution in [0.4, 0.5) is 5.69 Å². The van der Waals surface area contributed by atoms with Crippen molar-refractivity contribution in [3.8, 4) is 5.75 Å². The van der Waals surface area contributed by atoms with Crippen molar-refractivity contribution in [3.63, 3.8) is 0 Å². The molecule has 0 fully saturated rings. The molecular weight excluding hydrogens is 408 g/mol. The summed E-state index contributed by atoms with van der Waals surface area (Å²) >= 11 is 1.42. The Morgan fingerprint density at radius 2 is 1.71 bits per heavy atom. The normalized spacial score (nSPS) is 10.8. The van der Waals surface area contributed by atoms with Crippen molar-refractivity contribution in [2.75, 3.05) is 18.2 Å². The third-order valence-electron chi connectivity index (χ3n) is 5.23. The quantitative estimate of drug-likeness (QED) is 0.463. The van der Waals surface area contributed by atoms with Crippen molar-refractivity contribution in [1.29, 1.82) is 0 Å². The highest BCUT2D eigenvalue weighted by atomic mass is 32.2. The number of aryl methyl sites for hydroxylation is 2. The molecule has 3 rings (SSSR count). The third-order valence-corrected chi connectivity index (χ3v) is 6.19. The molecule has 1 N–H and O–H groups in total. The van der Waals surface area contributed by atoms with E-state index in [1.807, 2.05) is 24.3 Å². The summed E-state index contributed by atoms with van der Waals surface area (Å²) in [5.74, 6) is 1.99. The Bertz CT molecular complexity index is 993. The van der Waals surface area contributed by atoms with E-state index in [9.17, 15) is 4.79 Å². The lowest BCUT2D eigenvalue weighted by Crippen LogP contribution is -2.17.